The number of hydrogen-bond acceptors (Lipinski definition) is 4. The molecule has 0 heterocycles. The molecule has 0 aliphatic rings. The molecule has 36 heavy (non-hydrogen) atoms. The Hall–Kier alpha value is -3.35. The van der Waals surface area contributed by atoms with E-state index in [4.69, 9.17) is 4.74 Å². The van der Waals surface area contributed by atoms with Crippen molar-refractivity contribution < 1.29 is 19.1 Å². The highest BCUT2D eigenvalue weighted by Gasteiger charge is 2.40. The van der Waals surface area contributed by atoms with Gasteiger partial charge in [0.25, 0.3) is 0 Å². The van der Waals surface area contributed by atoms with Gasteiger partial charge in [-0.2, -0.15) is 0 Å². The van der Waals surface area contributed by atoms with Crippen LogP contribution in [-0.2, 0) is 27.3 Å². The minimum absolute atomic E-state index is 0.296. The summed E-state index contributed by atoms with van der Waals surface area (Å²) in [5.41, 5.74) is 1.37. The van der Waals surface area contributed by atoms with Crippen molar-refractivity contribution in [3.63, 3.8) is 0 Å². The zero-order chi connectivity index (χ0) is 27.1. The lowest BCUT2D eigenvalue weighted by Crippen LogP contribution is -2.57. The lowest BCUT2D eigenvalue weighted by molar-refractivity contribution is -0.148. The maximum absolute atomic E-state index is 13.8. The largest absolute Gasteiger partial charge is 0.444 e. The molecular formula is C29H41N3O4. The Morgan fingerprint density at radius 3 is 1.97 bits per heavy atom. The molecule has 0 spiro atoms. The summed E-state index contributed by atoms with van der Waals surface area (Å²) in [7, 11) is 0. The fourth-order valence-corrected chi connectivity index (χ4v) is 3.83. The van der Waals surface area contributed by atoms with Gasteiger partial charge in [-0.3, -0.25) is 9.59 Å². The monoisotopic (exact) mass is 495 g/mol. The van der Waals surface area contributed by atoms with Gasteiger partial charge < -0.3 is 20.3 Å². The fraction of sp³-hybridized carbons (Fsp3) is 0.483. The van der Waals surface area contributed by atoms with Crippen molar-refractivity contribution in [1.29, 1.82) is 0 Å². The molecular weight excluding hydrogens is 454 g/mol. The van der Waals surface area contributed by atoms with Crippen molar-refractivity contribution in [2.75, 3.05) is 0 Å². The van der Waals surface area contributed by atoms with E-state index in [9.17, 15) is 14.4 Å². The average molecular weight is 496 g/mol. The van der Waals surface area contributed by atoms with Crippen molar-refractivity contribution in [3.8, 4) is 0 Å². The summed E-state index contributed by atoms with van der Waals surface area (Å²) in [4.78, 5) is 41.4. The Balaban J connectivity index is 2.41. The number of rotatable bonds is 8. The number of nitrogens with zero attached hydrogens (tertiary/aromatic N) is 1. The van der Waals surface area contributed by atoms with Gasteiger partial charge in [0.05, 0.1) is 0 Å². The van der Waals surface area contributed by atoms with Crippen LogP contribution in [0.15, 0.2) is 54.6 Å². The molecule has 0 fully saturated rings. The molecule has 0 aromatic heterocycles. The quantitative estimate of drug-likeness (QED) is 0.530. The van der Waals surface area contributed by atoms with Crippen LogP contribution >= 0.6 is 0 Å². The van der Waals surface area contributed by atoms with E-state index in [2.05, 4.69) is 17.6 Å². The van der Waals surface area contributed by atoms with Gasteiger partial charge in [0.15, 0.2) is 0 Å². The second-order valence-electron chi connectivity index (χ2n) is 10.9. The zero-order valence-electron chi connectivity index (χ0n) is 22.8. The molecule has 2 rings (SSSR count). The summed E-state index contributed by atoms with van der Waals surface area (Å²) < 4.78 is 5.33. The molecule has 196 valence electrons. The van der Waals surface area contributed by atoms with E-state index in [1.165, 1.54) is 0 Å². The number of hydrogen-bond donors (Lipinski definition) is 2. The van der Waals surface area contributed by atoms with Crippen LogP contribution in [0.5, 0.6) is 0 Å². The van der Waals surface area contributed by atoms with Gasteiger partial charge in [0.1, 0.15) is 17.7 Å². The molecule has 2 unspecified atom stereocenters. The third-order valence-corrected chi connectivity index (χ3v) is 5.58. The Bertz CT molecular complexity index is 1020. The maximum Gasteiger partial charge on any atom is 0.408 e. The number of ether oxygens (including phenoxy) is 1. The average Bonchev–Trinajstić information content (AvgIpc) is 2.79. The summed E-state index contributed by atoms with van der Waals surface area (Å²) in [5.74, 6) is -0.677. The summed E-state index contributed by atoms with van der Waals surface area (Å²) in [6.45, 7) is 14.9. The molecule has 0 aliphatic carbocycles. The zero-order valence-corrected chi connectivity index (χ0v) is 22.8. The third kappa shape index (κ3) is 8.40. The Labute approximate surface area is 215 Å². The van der Waals surface area contributed by atoms with Crippen LogP contribution < -0.4 is 10.6 Å². The second-order valence-corrected chi connectivity index (χ2v) is 10.9. The van der Waals surface area contributed by atoms with Crippen molar-refractivity contribution in [2.45, 2.75) is 91.6 Å². The van der Waals surface area contributed by atoms with Crippen LogP contribution in [0.4, 0.5) is 4.79 Å². The van der Waals surface area contributed by atoms with Crippen molar-refractivity contribution >= 4 is 17.9 Å². The first-order chi connectivity index (χ1) is 16.7. The topological polar surface area (TPSA) is 87.7 Å². The summed E-state index contributed by atoms with van der Waals surface area (Å²) in [6, 6.07) is 15.6. The molecule has 2 atom stereocenters. The van der Waals surface area contributed by atoms with Gasteiger partial charge in [-0.05, 0) is 71.6 Å². The molecule has 0 radical (unpaired) electrons. The van der Waals surface area contributed by atoms with E-state index >= 15 is 0 Å². The Kier molecular flexibility index (Phi) is 9.68. The molecule has 2 aromatic rings. The van der Waals surface area contributed by atoms with Gasteiger partial charge in [-0.1, -0.05) is 61.5 Å². The van der Waals surface area contributed by atoms with Crippen LogP contribution in [-0.4, -0.2) is 40.0 Å². The first-order valence-electron chi connectivity index (χ1n) is 12.5. The highest BCUT2D eigenvalue weighted by molar-refractivity contribution is 5.92. The Morgan fingerprint density at radius 2 is 1.47 bits per heavy atom. The normalized spacial score (nSPS) is 13.3. The molecule has 2 aromatic carbocycles. The number of alkyl carbamates (subject to hydrolysis) is 1. The predicted molar refractivity (Wildman–Crippen MR) is 142 cm³/mol. The fourth-order valence-electron chi connectivity index (χ4n) is 3.83. The van der Waals surface area contributed by atoms with E-state index in [1.54, 1.807) is 32.6 Å². The summed E-state index contributed by atoms with van der Waals surface area (Å²) >= 11 is 0. The minimum Gasteiger partial charge on any atom is -0.444 e. The number of carbonyl (C=O) groups excluding carboxylic acids is 3. The van der Waals surface area contributed by atoms with Gasteiger partial charge in [0, 0.05) is 12.1 Å². The minimum atomic E-state index is -0.904. The SMILES string of the molecule is CCc1ccc(C(C(=O)NCc2ccccc2)N(C(=O)C(C)NC(=O)OC(C)(C)C)C(C)(C)C)cc1. The summed E-state index contributed by atoms with van der Waals surface area (Å²) in [5, 5.41) is 5.63. The summed E-state index contributed by atoms with van der Waals surface area (Å²) in [6.07, 6.45) is 0.179. The molecule has 0 aliphatic heterocycles. The van der Waals surface area contributed by atoms with E-state index in [-0.39, 0.29) is 11.8 Å². The van der Waals surface area contributed by atoms with Crippen LogP contribution in [0.2, 0.25) is 0 Å². The van der Waals surface area contributed by atoms with Gasteiger partial charge in [0.2, 0.25) is 11.8 Å². The van der Waals surface area contributed by atoms with E-state index in [0.717, 1.165) is 17.5 Å². The molecule has 0 bridgehead atoms. The number of benzene rings is 2. The molecule has 2 N–H and O–H groups in total. The lowest BCUT2D eigenvalue weighted by atomic mass is 9.94. The van der Waals surface area contributed by atoms with Crippen molar-refractivity contribution in [1.82, 2.24) is 15.5 Å². The number of amides is 3. The second kappa shape index (κ2) is 12.1. The smallest absolute Gasteiger partial charge is 0.408 e. The van der Waals surface area contributed by atoms with Crippen molar-refractivity contribution in [2.24, 2.45) is 0 Å². The third-order valence-electron chi connectivity index (χ3n) is 5.58. The highest BCUT2D eigenvalue weighted by atomic mass is 16.6. The maximum atomic E-state index is 13.8. The lowest BCUT2D eigenvalue weighted by Gasteiger charge is -2.42. The molecule has 7 nitrogen and oxygen atoms in total. The van der Waals surface area contributed by atoms with Gasteiger partial charge in [-0.25, -0.2) is 4.79 Å². The van der Waals surface area contributed by atoms with Crippen LogP contribution in [0.25, 0.3) is 0 Å². The Morgan fingerprint density at radius 1 is 0.889 bits per heavy atom. The van der Waals surface area contributed by atoms with Gasteiger partial charge >= 0.3 is 6.09 Å². The molecule has 7 heteroatoms. The number of nitrogens with one attached hydrogen (secondary N) is 2. The number of aryl methyl sites for hydroxylation is 1. The molecule has 0 saturated heterocycles. The van der Waals surface area contributed by atoms with Crippen molar-refractivity contribution in [3.05, 3.63) is 71.3 Å². The molecule has 0 saturated carbocycles. The first kappa shape index (κ1) is 28.9. The van der Waals surface area contributed by atoms with E-state index in [0.29, 0.717) is 12.1 Å². The van der Waals surface area contributed by atoms with E-state index < -0.39 is 29.3 Å². The first-order valence-corrected chi connectivity index (χ1v) is 12.5. The van der Waals surface area contributed by atoms with Crippen LogP contribution in [0.3, 0.4) is 0 Å². The van der Waals surface area contributed by atoms with E-state index in [1.807, 2.05) is 75.4 Å². The standard InChI is InChI=1S/C29H41N3O4/c1-9-21-15-17-23(18-16-21)24(25(33)30-19-22-13-11-10-12-14-22)32(28(3,4)5)26(34)20(2)31-27(35)36-29(6,7)8/h10-18,20,24H,9,19H2,1-8H3,(H,30,33)(H,31,35). The molecule has 3 amide bonds. The van der Waals surface area contributed by atoms with Crippen LogP contribution in [0, 0.1) is 0 Å². The van der Waals surface area contributed by atoms with Crippen LogP contribution in [0.1, 0.15) is 78.1 Å². The number of carbonyl (C=O) groups is 3. The predicted octanol–water partition coefficient (Wildman–Crippen LogP) is 5.15. The van der Waals surface area contributed by atoms with Gasteiger partial charge in [-0.15, -0.1) is 0 Å². The highest BCUT2D eigenvalue weighted by Crippen LogP contribution is 2.30.